The van der Waals surface area contributed by atoms with Crippen molar-refractivity contribution >= 4 is 46.9 Å². The first kappa shape index (κ1) is 16.1. The van der Waals surface area contributed by atoms with E-state index in [1.165, 1.54) is 19.1 Å². The number of anilines is 2. The maximum atomic E-state index is 11.0. The molecule has 0 unspecified atom stereocenters. The van der Waals surface area contributed by atoms with E-state index >= 15 is 0 Å². The Balaban J connectivity index is 2.20. The molecule has 0 aliphatic rings. The number of nitrogens with one attached hydrogen (secondary N) is 2. The Morgan fingerprint density at radius 1 is 1.09 bits per heavy atom. The molecule has 0 aromatic heterocycles. The summed E-state index contributed by atoms with van der Waals surface area (Å²) in [4.78, 5) is 21.4. The molecular formula is C15H12Cl2N2O3. The van der Waals surface area contributed by atoms with Crippen molar-refractivity contribution in [3.8, 4) is 11.5 Å². The molecule has 2 aromatic carbocycles. The van der Waals surface area contributed by atoms with Crippen molar-refractivity contribution in [2.24, 2.45) is 0 Å². The van der Waals surface area contributed by atoms with Gasteiger partial charge in [-0.05, 0) is 36.4 Å². The van der Waals surface area contributed by atoms with Gasteiger partial charge in [0.1, 0.15) is 5.75 Å². The van der Waals surface area contributed by atoms with Crippen molar-refractivity contribution in [2.45, 2.75) is 6.92 Å². The third kappa shape index (κ3) is 4.13. The minimum atomic E-state index is -0.155. The molecule has 0 spiro atoms. The molecule has 22 heavy (non-hydrogen) atoms. The van der Waals surface area contributed by atoms with Crippen molar-refractivity contribution in [2.75, 3.05) is 10.6 Å². The molecule has 0 atom stereocenters. The second kappa shape index (κ2) is 7.15. The van der Waals surface area contributed by atoms with Crippen molar-refractivity contribution in [1.82, 2.24) is 0 Å². The molecule has 0 radical (unpaired) electrons. The van der Waals surface area contributed by atoms with Crippen LogP contribution in [0.25, 0.3) is 0 Å². The second-order valence-corrected chi connectivity index (χ2v) is 5.15. The van der Waals surface area contributed by atoms with Crippen LogP contribution in [0.2, 0.25) is 10.0 Å². The van der Waals surface area contributed by atoms with E-state index in [1.54, 1.807) is 24.3 Å². The van der Waals surface area contributed by atoms with Crippen LogP contribution in [0, 0.1) is 0 Å². The minimum Gasteiger partial charge on any atom is -0.454 e. The van der Waals surface area contributed by atoms with Crippen LogP contribution >= 0.6 is 23.2 Å². The van der Waals surface area contributed by atoms with Gasteiger partial charge < -0.3 is 15.4 Å². The van der Waals surface area contributed by atoms with Crippen LogP contribution in [0.15, 0.2) is 36.4 Å². The van der Waals surface area contributed by atoms with Crippen molar-refractivity contribution in [3.63, 3.8) is 0 Å². The summed E-state index contributed by atoms with van der Waals surface area (Å²) in [5, 5.41) is 5.65. The van der Waals surface area contributed by atoms with E-state index in [0.717, 1.165) is 0 Å². The SMILES string of the molecule is CC(=O)Nc1ccc(Oc2c(Cl)cc(NC=O)cc2Cl)cc1. The standard InChI is InChI=1S/C15H12Cl2N2O3/c1-9(21)19-10-2-4-12(5-3-10)22-15-13(16)6-11(18-8-20)7-14(15)17/h2-8H,1H3,(H,18,20)(H,19,21). The molecule has 0 aliphatic heterocycles. The molecule has 2 aromatic rings. The molecule has 0 saturated heterocycles. The number of hydrogen-bond donors (Lipinski definition) is 2. The summed E-state index contributed by atoms with van der Waals surface area (Å²) in [5.41, 5.74) is 1.13. The number of hydrogen-bond acceptors (Lipinski definition) is 3. The molecule has 0 aliphatic carbocycles. The lowest BCUT2D eigenvalue weighted by Crippen LogP contribution is -2.05. The Labute approximate surface area is 137 Å². The van der Waals surface area contributed by atoms with E-state index in [0.29, 0.717) is 23.5 Å². The van der Waals surface area contributed by atoms with Gasteiger partial charge in [-0.2, -0.15) is 0 Å². The summed E-state index contributed by atoms with van der Waals surface area (Å²) in [7, 11) is 0. The molecule has 0 heterocycles. The average molecular weight is 339 g/mol. The predicted molar refractivity (Wildman–Crippen MR) is 87.0 cm³/mol. The highest BCUT2D eigenvalue weighted by molar-refractivity contribution is 6.37. The highest BCUT2D eigenvalue weighted by atomic mass is 35.5. The minimum absolute atomic E-state index is 0.155. The summed E-state index contributed by atoms with van der Waals surface area (Å²) >= 11 is 12.2. The molecular weight excluding hydrogens is 327 g/mol. The van der Waals surface area contributed by atoms with Crippen LogP contribution in [0.4, 0.5) is 11.4 Å². The fourth-order valence-corrected chi connectivity index (χ4v) is 2.30. The van der Waals surface area contributed by atoms with Gasteiger partial charge >= 0.3 is 0 Å². The average Bonchev–Trinajstić information content (AvgIpc) is 2.44. The zero-order valence-corrected chi connectivity index (χ0v) is 13.0. The number of carbonyl (C=O) groups is 2. The molecule has 2 N–H and O–H groups in total. The van der Waals surface area contributed by atoms with Crippen LogP contribution in [0.1, 0.15) is 6.92 Å². The number of ether oxygens (including phenoxy) is 1. The topological polar surface area (TPSA) is 67.4 Å². The van der Waals surface area contributed by atoms with Gasteiger partial charge in [-0.25, -0.2) is 0 Å². The van der Waals surface area contributed by atoms with E-state index in [9.17, 15) is 9.59 Å². The highest BCUT2D eigenvalue weighted by Crippen LogP contribution is 2.38. The van der Waals surface area contributed by atoms with E-state index in [1.807, 2.05) is 0 Å². The Morgan fingerprint density at radius 3 is 2.18 bits per heavy atom. The van der Waals surface area contributed by atoms with E-state index in [-0.39, 0.29) is 21.7 Å². The van der Waals surface area contributed by atoms with Crippen LogP contribution < -0.4 is 15.4 Å². The second-order valence-electron chi connectivity index (χ2n) is 4.34. The molecule has 0 saturated carbocycles. The van der Waals surface area contributed by atoms with Crippen LogP contribution in [-0.2, 0) is 9.59 Å². The summed E-state index contributed by atoms with van der Waals surface area (Å²) in [6, 6.07) is 9.80. The fraction of sp³-hybridized carbons (Fsp3) is 0.0667. The lowest BCUT2D eigenvalue weighted by molar-refractivity contribution is -0.114. The molecule has 2 amide bonds. The molecule has 5 nitrogen and oxygen atoms in total. The Hall–Kier alpha value is -2.24. The van der Waals surface area contributed by atoms with Gasteiger partial charge in [0.25, 0.3) is 0 Å². The third-order valence-electron chi connectivity index (χ3n) is 2.62. The normalized spacial score (nSPS) is 9.95. The number of halogens is 2. The van der Waals surface area contributed by atoms with Crippen molar-refractivity contribution in [3.05, 3.63) is 46.4 Å². The van der Waals surface area contributed by atoms with Crippen LogP contribution in [0.5, 0.6) is 11.5 Å². The zero-order chi connectivity index (χ0) is 16.1. The van der Waals surface area contributed by atoms with Gasteiger partial charge in [0.15, 0.2) is 5.75 Å². The number of carbonyl (C=O) groups excluding carboxylic acids is 2. The third-order valence-corrected chi connectivity index (χ3v) is 3.18. The van der Waals surface area contributed by atoms with Crippen molar-refractivity contribution in [1.29, 1.82) is 0 Å². The number of rotatable bonds is 5. The number of amides is 2. The van der Waals surface area contributed by atoms with Gasteiger partial charge in [-0.15, -0.1) is 0 Å². The fourth-order valence-electron chi connectivity index (χ4n) is 1.74. The lowest BCUT2D eigenvalue weighted by Gasteiger charge is -2.11. The first-order valence-corrected chi connectivity index (χ1v) is 7.00. The van der Waals surface area contributed by atoms with E-state index in [4.69, 9.17) is 27.9 Å². The number of benzene rings is 2. The Morgan fingerprint density at radius 2 is 1.68 bits per heavy atom. The summed E-state index contributed by atoms with van der Waals surface area (Å²) in [6.45, 7) is 1.43. The Kier molecular flexibility index (Phi) is 5.25. The van der Waals surface area contributed by atoms with E-state index in [2.05, 4.69) is 10.6 Å². The van der Waals surface area contributed by atoms with Gasteiger partial charge in [0, 0.05) is 18.3 Å². The summed E-state index contributed by atoms with van der Waals surface area (Å²) in [6.07, 6.45) is 0.531. The Bertz CT molecular complexity index is 679. The molecule has 2 rings (SSSR count). The summed E-state index contributed by atoms with van der Waals surface area (Å²) in [5.74, 6) is 0.638. The monoisotopic (exact) mass is 338 g/mol. The lowest BCUT2D eigenvalue weighted by atomic mass is 10.2. The van der Waals surface area contributed by atoms with Crippen LogP contribution in [-0.4, -0.2) is 12.3 Å². The maximum absolute atomic E-state index is 11.0. The molecule has 0 bridgehead atoms. The van der Waals surface area contributed by atoms with Gasteiger partial charge in [0.2, 0.25) is 12.3 Å². The van der Waals surface area contributed by atoms with Gasteiger partial charge in [0.05, 0.1) is 10.0 Å². The largest absolute Gasteiger partial charge is 0.454 e. The quantitative estimate of drug-likeness (QED) is 0.798. The van der Waals surface area contributed by atoms with Gasteiger partial charge in [-0.1, -0.05) is 23.2 Å². The smallest absolute Gasteiger partial charge is 0.221 e. The molecule has 0 fully saturated rings. The summed E-state index contributed by atoms with van der Waals surface area (Å²) < 4.78 is 5.64. The van der Waals surface area contributed by atoms with Crippen LogP contribution in [0.3, 0.4) is 0 Å². The zero-order valence-electron chi connectivity index (χ0n) is 11.5. The van der Waals surface area contributed by atoms with E-state index < -0.39 is 0 Å². The van der Waals surface area contributed by atoms with Gasteiger partial charge in [-0.3, -0.25) is 9.59 Å². The molecule has 114 valence electrons. The van der Waals surface area contributed by atoms with Crippen molar-refractivity contribution < 1.29 is 14.3 Å². The maximum Gasteiger partial charge on any atom is 0.221 e. The first-order chi connectivity index (χ1) is 10.5. The molecule has 7 heteroatoms. The first-order valence-electron chi connectivity index (χ1n) is 6.24. The predicted octanol–water partition coefficient (Wildman–Crippen LogP) is 4.31. The highest BCUT2D eigenvalue weighted by Gasteiger charge is 2.11.